The molecule has 0 amide bonds. The molecule has 22 atom stereocenters. The molecule has 3 aliphatic carbocycles. The number of ether oxygens (including phenoxy) is 12. The van der Waals surface area contributed by atoms with E-state index in [1.165, 1.54) is 62.2 Å². The summed E-state index contributed by atoms with van der Waals surface area (Å²) in [7, 11) is 9.57. The average Bonchev–Trinajstić information content (AvgIpc) is 1.56. The number of ketones is 1. The lowest BCUT2D eigenvalue weighted by atomic mass is 9.44. The Morgan fingerprint density at radius 3 is 2.27 bits per heavy atom. The van der Waals surface area contributed by atoms with Crippen LogP contribution in [-0.4, -0.2) is 217 Å². The minimum atomic E-state index is -1.90. The molecule has 1 spiro atoms. The van der Waals surface area contributed by atoms with Gasteiger partial charge in [0.25, 0.3) is 5.69 Å². The normalized spacial score (nSPS) is 37.4. The van der Waals surface area contributed by atoms with Crippen LogP contribution in [0, 0.1) is 61.5 Å². The van der Waals surface area contributed by atoms with E-state index in [9.17, 15) is 50.0 Å². The van der Waals surface area contributed by atoms with E-state index in [-0.39, 0.29) is 72.3 Å². The maximum Gasteiger partial charge on any atom is 0.306 e. The van der Waals surface area contributed by atoms with Crippen molar-refractivity contribution in [1.82, 2.24) is 10.8 Å². The van der Waals surface area contributed by atoms with Gasteiger partial charge in [-0.05, 0) is 93.1 Å². The Morgan fingerprint density at radius 1 is 0.892 bits per heavy atom. The second-order valence-electron chi connectivity index (χ2n) is 23.5. The highest BCUT2D eigenvalue weighted by Gasteiger charge is 2.78. The highest BCUT2D eigenvalue weighted by molar-refractivity contribution is 14.1. The zero-order valence-electron chi connectivity index (χ0n) is 53.1. The van der Waals surface area contributed by atoms with E-state index in [2.05, 4.69) is 34.5 Å². The van der Waals surface area contributed by atoms with Crippen molar-refractivity contribution < 1.29 is 107 Å². The van der Waals surface area contributed by atoms with Crippen LogP contribution < -0.4 is 25.0 Å². The van der Waals surface area contributed by atoms with Gasteiger partial charge < -0.3 is 87.7 Å². The smallest absolute Gasteiger partial charge is 0.306 e. The van der Waals surface area contributed by atoms with Gasteiger partial charge >= 0.3 is 5.97 Å². The highest BCUT2D eigenvalue weighted by atomic mass is 127. The number of nitro benzene ring substituents is 1. The fourth-order valence-electron chi connectivity index (χ4n) is 13.2. The zero-order chi connectivity index (χ0) is 67.4. The summed E-state index contributed by atoms with van der Waals surface area (Å²) in [5.41, 5.74) is 0.752. The van der Waals surface area contributed by atoms with Crippen LogP contribution in [0.4, 0.5) is 5.69 Å². The molecule has 6 fully saturated rings. The molecular weight excluding hydrogens is 1390 g/mol. The minimum Gasteiger partial charge on any atom is -0.492 e. The number of carbonyl (C=O) groups excluding carboxylic acids is 3. The van der Waals surface area contributed by atoms with Crippen molar-refractivity contribution in [1.29, 1.82) is 0 Å². The Bertz CT molecular complexity index is 3240. The molecular formula is C63H80IN3O23S3. The van der Waals surface area contributed by atoms with Crippen LogP contribution in [0.2, 0.25) is 0 Å². The first-order valence-electron chi connectivity index (χ1n) is 30.3. The lowest BCUT2D eigenvalue weighted by Crippen LogP contribution is -2.69. The number of benzene rings is 2. The molecule has 9 rings (SSSR count). The van der Waals surface area contributed by atoms with Crippen LogP contribution in [0.5, 0.6) is 17.2 Å². The van der Waals surface area contributed by atoms with E-state index in [1.807, 2.05) is 29.5 Å². The summed E-state index contributed by atoms with van der Waals surface area (Å²) < 4.78 is 73.4. The standard InChI is InChI=1S/C63H80IN3O23S3/c1-12-65-38-28-83-44(26-42(38)78-7)88-56-51(72)49(66-90-45-25-39(68)58(33(6)84-45)92-59(74)46-30(3)48(64)54(57(82-11)53(46)80-9)89-60-52(73)55(81-10)50(71)32(5)86-60)31(4)85-61(56)87-41-15-13-14-29(2)20-22-62-37(24-43(70)79-8)40(69)27-63(62,75)36(47(41)62)21-23-91-93-35-18-16-34(17-19-35)67(76)77/h14,16-19,21,31-33,37-39,41-42,44-45,47,49-52,55-56,58,60-61,65-66,68,71-73,75H,12,23-28H2,1-11H3/b29-14-,36-21+/t31-,32+,33-,37?,38+,39+,41+,42+,44+,45+,47?,49-,50+,51+,52-,55-,56-,58-,60+,61+,62?,63+/m1/s1. The second-order valence-corrected chi connectivity index (χ2v) is 28.2. The van der Waals surface area contributed by atoms with Gasteiger partial charge in [-0.2, -0.15) is 5.48 Å². The fraction of sp³-hybridized carbons (Fsp3) is 0.635. The van der Waals surface area contributed by atoms with E-state index in [0.29, 0.717) is 26.8 Å². The van der Waals surface area contributed by atoms with Gasteiger partial charge in [-0.15, -0.1) is 0 Å². The van der Waals surface area contributed by atoms with Crippen molar-refractivity contribution in [3.63, 3.8) is 0 Å². The van der Waals surface area contributed by atoms with Crippen molar-refractivity contribution in [3.8, 4) is 40.9 Å². The van der Waals surface area contributed by atoms with Crippen molar-refractivity contribution >= 4 is 78.5 Å². The van der Waals surface area contributed by atoms with Crippen LogP contribution in [0.15, 0.2) is 52.5 Å². The van der Waals surface area contributed by atoms with Gasteiger partial charge in [0.15, 0.2) is 30.4 Å². The Labute approximate surface area is 564 Å². The summed E-state index contributed by atoms with van der Waals surface area (Å²) >= 11 is 2.82. The molecule has 2 saturated carbocycles. The van der Waals surface area contributed by atoms with Gasteiger partial charge in [-0.3, -0.25) is 29.3 Å². The Hall–Kier alpha value is -4.21. The van der Waals surface area contributed by atoms with Gasteiger partial charge in [0.05, 0.1) is 102 Å². The topological polar surface area (TPSA) is 340 Å². The quantitative estimate of drug-likeness (QED) is 0.0111. The van der Waals surface area contributed by atoms with Gasteiger partial charge in [-0.1, -0.05) is 70.0 Å². The van der Waals surface area contributed by atoms with Crippen molar-refractivity contribution in [2.75, 3.05) is 54.5 Å². The van der Waals surface area contributed by atoms with Crippen molar-refractivity contribution in [2.24, 2.45) is 17.3 Å². The van der Waals surface area contributed by atoms with E-state index in [0.717, 1.165) is 16.7 Å². The second kappa shape index (κ2) is 31.5. The number of allylic oxidation sites excluding steroid dienone is 2. The molecule has 4 heterocycles. The number of esters is 1. The first-order valence-corrected chi connectivity index (χ1v) is 34.6. The molecule has 2 aromatic carbocycles. The lowest BCUT2D eigenvalue weighted by molar-refractivity contribution is -0.384. The first kappa shape index (κ1) is 73.0. The van der Waals surface area contributed by atoms with Crippen LogP contribution >= 0.6 is 55.9 Å². The molecule has 2 aromatic rings. The molecule has 4 saturated heterocycles. The number of hydroxylamine groups is 1. The number of Topliss-reactive ketones (excluding diaryl/α,β-unsaturated/α-hetero) is 1. The number of nitro groups is 1. The van der Waals surface area contributed by atoms with Gasteiger partial charge in [-0.25, -0.2) is 0 Å². The van der Waals surface area contributed by atoms with Crippen molar-refractivity contribution in [3.05, 3.63) is 72.4 Å². The number of hydrogen-bond donors (Lipinski definition) is 7. The Balaban J connectivity index is 0.951. The fourth-order valence-corrected chi connectivity index (χ4v) is 16.8. The Morgan fingerprint density at radius 2 is 1.61 bits per heavy atom. The molecule has 7 N–H and O–H groups in total. The number of halogens is 1. The highest BCUT2D eigenvalue weighted by Crippen LogP contribution is 2.70. The monoisotopic (exact) mass is 1470 g/mol. The molecule has 7 aliphatic rings. The molecule has 93 heavy (non-hydrogen) atoms. The number of nitrogens with one attached hydrogen (secondary N) is 2. The molecule has 4 aliphatic heterocycles. The van der Waals surface area contributed by atoms with E-state index in [4.69, 9.17) is 61.7 Å². The number of carbonyl (C=O) groups is 3. The third-order valence-electron chi connectivity index (χ3n) is 18.0. The molecule has 0 aromatic heterocycles. The van der Waals surface area contributed by atoms with Gasteiger partial charge in [0.2, 0.25) is 17.2 Å². The number of rotatable bonds is 24. The van der Waals surface area contributed by atoms with Crippen LogP contribution in [0.25, 0.3) is 0 Å². The van der Waals surface area contributed by atoms with Crippen LogP contribution in [0.1, 0.15) is 76.2 Å². The van der Waals surface area contributed by atoms with E-state index < -0.39 is 149 Å². The van der Waals surface area contributed by atoms with Crippen LogP contribution in [0.3, 0.4) is 0 Å². The zero-order valence-corrected chi connectivity index (χ0v) is 57.7. The number of aliphatic hydroxyl groups excluding tert-OH is 4. The van der Waals surface area contributed by atoms with E-state index in [1.54, 1.807) is 66.0 Å². The van der Waals surface area contributed by atoms with Gasteiger partial charge in [0, 0.05) is 73.7 Å². The number of nitrogens with zero attached hydrogens (tertiary/aromatic N) is 1. The maximum absolute atomic E-state index is 14.5. The number of non-ortho nitro benzene ring substituents is 1. The van der Waals surface area contributed by atoms with Crippen LogP contribution in [-0.2, 0) is 57.1 Å². The summed E-state index contributed by atoms with van der Waals surface area (Å²) in [4.78, 5) is 59.8. The third kappa shape index (κ3) is 15.0. The number of thioether (sulfide) groups is 1. The number of hydrogen-bond acceptors (Lipinski definition) is 28. The average molecular weight is 1470 g/mol. The molecule has 30 heteroatoms. The lowest BCUT2D eigenvalue weighted by Gasteiger charge is -2.60. The molecule has 26 nitrogen and oxygen atoms in total. The van der Waals surface area contributed by atoms with Crippen molar-refractivity contribution in [2.45, 2.75) is 187 Å². The largest absolute Gasteiger partial charge is 0.492 e. The predicted molar refractivity (Wildman–Crippen MR) is 346 cm³/mol. The first-order chi connectivity index (χ1) is 44.4. The van der Waals surface area contributed by atoms with Gasteiger partial charge in [0.1, 0.15) is 48.0 Å². The summed E-state index contributed by atoms with van der Waals surface area (Å²) in [5, 5.41) is 72.6. The molecule has 3 unspecified atom stereocenters. The molecule has 0 radical (unpaired) electrons. The maximum atomic E-state index is 14.5. The predicted octanol–water partition coefficient (Wildman–Crippen LogP) is 4.46. The summed E-state index contributed by atoms with van der Waals surface area (Å²) in [5.74, 6) is 9.77. The Kier molecular flexibility index (Phi) is 24.8. The SMILES string of the molecule is CCN[C@H]1CO[C@@H](O[C@H]2[C@H](O[C@H]3C#C/C=C(/C)C#CC45C(CC(=O)OC)C(=O)C[C@]4(O)/C(=C/CSSc4ccc([N+](=O)[O-])cc4)C35)O[C@H](C)[C@@H](NO[C@H]3C[C@H](O)[C@H](SC(=O)c4c(C)c(I)c(O[C@@H]5O[C@@H](C)[C@H](O)[C@@H](OC)[C@H]5O)c(OC)c4OC)[C@@H](C)O3)[C@@H]2O)C[C@@H]1OC. The molecule has 510 valence electrons. The minimum absolute atomic E-state index is 0.0197. The number of methoxy groups -OCH3 is 5. The molecule has 0 bridgehead atoms. The summed E-state index contributed by atoms with van der Waals surface area (Å²) in [6, 6.07) is 4.77. The third-order valence-corrected chi connectivity index (χ3v) is 22.9. The summed E-state index contributed by atoms with van der Waals surface area (Å²) in [6.45, 7) is 11.1. The van der Waals surface area contributed by atoms with E-state index >= 15 is 0 Å². The summed E-state index contributed by atoms with van der Waals surface area (Å²) in [6.07, 6.45) is -14.1. The number of aliphatic hydroxyl groups is 5. The number of likely N-dealkylation sites (N-methyl/N-ethyl adjacent to an activating group) is 1.